The van der Waals surface area contributed by atoms with Crippen LogP contribution in [0.5, 0.6) is 11.5 Å². The summed E-state index contributed by atoms with van der Waals surface area (Å²) < 4.78 is 25.6. The number of thioether (sulfide) groups is 1. The number of amides is 1. The van der Waals surface area contributed by atoms with Crippen molar-refractivity contribution in [3.05, 3.63) is 60.4 Å². The Balaban J connectivity index is 1.34. The second-order valence-electron chi connectivity index (χ2n) is 6.39. The first kappa shape index (κ1) is 18.4. The Morgan fingerprint density at radius 2 is 2.00 bits per heavy atom. The smallest absolute Gasteiger partial charge is 0.234 e. The predicted octanol–water partition coefficient (Wildman–Crippen LogP) is 3.39. The molecule has 10 heteroatoms. The van der Waals surface area contributed by atoms with Crippen molar-refractivity contribution in [1.29, 1.82) is 0 Å². The minimum atomic E-state index is -0.413. The molecular weight excluding hydrogens is 409 g/mol. The lowest BCUT2D eigenvalue weighted by Crippen LogP contribution is -2.14. The van der Waals surface area contributed by atoms with E-state index in [2.05, 4.69) is 20.6 Å². The van der Waals surface area contributed by atoms with E-state index in [1.54, 1.807) is 16.6 Å². The largest absolute Gasteiger partial charge is 0.454 e. The lowest BCUT2D eigenvalue weighted by molar-refractivity contribution is -0.113. The van der Waals surface area contributed by atoms with Crippen LogP contribution in [0.1, 0.15) is 0 Å². The fourth-order valence-electron chi connectivity index (χ4n) is 2.96. The predicted molar refractivity (Wildman–Crippen MR) is 108 cm³/mol. The number of hydrogen-bond donors (Lipinski definition) is 1. The van der Waals surface area contributed by atoms with Crippen molar-refractivity contribution >= 4 is 29.0 Å². The van der Waals surface area contributed by atoms with Gasteiger partial charge in [-0.15, -0.1) is 10.2 Å². The molecule has 5 rings (SSSR count). The zero-order valence-corrected chi connectivity index (χ0v) is 16.2. The number of anilines is 1. The molecular formula is C20H14FN5O3S. The van der Waals surface area contributed by atoms with Crippen LogP contribution < -0.4 is 14.8 Å². The number of benzene rings is 2. The van der Waals surface area contributed by atoms with Gasteiger partial charge in [0.1, 0.15) is 5.82 Å². The van der Waals surface area contributed by atoms with Gasteiger partial charge >= 0.3 is 0 Å². The molecule has 2 aromatic heterocycles. The molecule has 1 aliphatic rings. The maximum Gasteiger partial charge on any atom is 0.234 e. The number of carbonyl (C=O) groups excluding carboxylic acids is 1. The molecule has 3 heterocycles. The fraction of sp³-hybridized carbons (Fsp3) is 0.100. The summed E-state index contributed by atoms with van der Waals surface area (Å²) in [5, 5.41) is 15.9. The highest BCUT2D eigenvalue weighted by molar-refractivity contribution is 7.99. The highest BCUT2D eigenvalue weighted by atomic mass is 32.2. The molecule has 30 heavy (non-hydrogen) atoms. The molecule has 0 saturated carbocycles. The van der Waals surface area contributed by atoms with Crippen molar-refractivity contribution in [3.8, 4) is 22.8 Å². The van der Waals surface area contributed by atoms with E-state index in [1.807, 2.05) is 24.3 Å². The molecule has 0 bridgehead atoms. The van der Waals surface area contributed by atoms with Gasteiger partial charge in [-0.1, -0.05) is 17.8 Å². The zero-order valence-electron chi connectivity index (χ0n) is 15.4. The van der Waals surface area contributed by atoms with Crippen molar-refractivity contribution in [3.63, 3.8) is 0 Å². The quantitative estimate of drug-likeness (QED) is 0.492. The number of nitrogens with zero attached hydrogens (tertiary/aromatic N) is 4. The summed E-state index contributed by atoms with van der Waals surface area (Å²) in [6, 6.07) is 15.0. The molecule has 0 saturated heterocycles. The number of nitrogens with one attached hydrogen (secondary N) is 1. The number of fused-ring (bicyclic) bond motifs is 2. The molecule has 0 unspecified atom stereocenters. The van der Waals surface area contributed by atoms with Gasteiger partial charge in [0.05, 0.1) is 11.4 Å². The van der Waals surface area contributed by atoms with Gasteiger partial charge in [-0.3, -0.25) is 4.79 Å². The lowest BCUT2D eigenvalue weighted by Gasteiger charge is -2.05. The van der Waals surface area contributed by atoms with Crippen molar-refractivity contribution in [1.82, 2.24) is 19.8 Å². The number of hydrogen-bond acceptors (Lipinski definition) is 7. The van der Waals surface area contributed by atoms with E-state index < -0.39 is 5.82 Å². The van der Waals surface area contributed by atoms with Crippen molar-refractivity contribution in [2.45, 2.75) is 5.16 Å². The molecule has 1 aliphatic heterocycles. The first-order chi connectivity index (χ1) is 14.7. The van der Waals surface area contributed by atoms with E-state index in [-0.39, 0.29) is 18.5 Å². The molecule has 8 nitrogen and oxygen atoms in total. The standard InChI is InChI=1S/C20H14FN5O3S/c21-13-2-1-3-14(9-13)22-19(27)10-30-20-24-23-18-7-5-15(25-26(18)20)12-4-6-16-17(8-12)29-11-28-16/h1-9H,10-11H2,(H,22,27). The number of ether oxygens (including phenoxy) is 2. The minimum absolute atomic E-state index is 0.0766. The molecule has 0 spiro atoms. The molecule has 1 amide bonds. The summed E-state index contributed by atoms with van der Waals surface area (Å²) >= 11 is 1.19. The Bertz CT molecular complexity index is 1260. The molecule has 0 aliphatic carbocycles. The summed E-state index contributed by atoms with van der Waals surface area (Å²) in [4.78, 5) is 12.2. The third-order valence-corrected chi connectivity index (χ3v) is 5.26. The van der Waals surface area contributed by atoms with Crippen LogP contribution in [0.25, 0.3) is 16.9 Å². The maximum absolute atomic E-state index is 13.3. The Morgan fingerprint density at radius 1 is 1.10 bits per heavy atom. The Kier molecular flexibility index (Phi) is 4.68. The molecule has 0 atom stereocenters. The van der Waals surface area contributed by atoms with Gasteiger partial charge < -0.3 is 14.8 Å². The lowest BCUT2D eigenvalue weighted by atomic mass is 10.1. The molecule has 2 aromatic carbocycles. The van der Waals surface area contributed by atoms with Crippen molar-refractivity contribution in [2.24, 2.45) is 0 Å². The van der Waals surface area contributed by atoms with Crippen molar-refractivity contribution in [2.75, 3.05) is 17.9 Å². The van der Waals surface area contributed by atoms with Crippen LogP contribution in [-0.4, -0.2) is 38.3 Å². The van der Waals surface area contributed by atoms with Gasteiger partial charge in [-0.05, 0) is 48.5 Å². The highest BCUT2D eigenvalue weighted by Crippen LogP contribution is 2.35. The first-order valence-corrected chi connectivity index (χ1v) is 9.95. The van der Waals surface area contributed by atoms with Gasteiger partial charge in [-0.2, -0.15) is 9.61 Å². The number of aromatic nitrogens is 4. The summed E-state index contributed by atoms with van der Waals surface area (Å²) in [6.07, 6.45) is 0. The van der Waals surface area contributed by atoms with Gasteiger partial charge in [0.15, 0.2) is 17.1 Å². The van der Waals surface area contributed by atoms with Crippen LogP contribution in [0.3, 0.4) is 0 Å². The van der Waals surface area contributed by atoms with Gasteiger partial charge in [0.25, 0.3) is 0 Å². The SMILES string of the molecule is O=C(CSc1nnc2ccc(-c3ccc4c(c3)OCO4)nn12)Nc1cccc(F)c1. The van der Waals surface area contributed by atoms with E-state index in [1.165, 1.54) is 30.0 Å². The Labute approximate surface area is 174 Å². The van der Waals surface area contributed by atoms with Gasteiger partial charge in [0, 0.05) is 11.3 Å². The van der Waals surface area contributed by atoms with Crippen LogP contribution in [0.15, 0.2) is 59.8 Å². The normalized spacial score (nSPS) is 12.3. The van der Waals surface area contributed by atoms with E-state index in [4.69, 9.17) is 9.47 Å². The van der Waals surface area contributed by atoms with E-state index in [9.17, 15) is 9.18 Å². The minimum Gasteiger partial charge on any atom is -0.454 e. The number of halogens is 1. The molecule has 1 N–H and O–H groups in total. The van der Waals surface area contributed by atoms with Crippen LogP contribution >= 0.6 is 11.8 Å². The summed E-state index contributed by atoms with van der Waals surface area (Å²) in [5.74, 6) is 0.748. The topological polar surface area (TPSA) is 90.6 Å². The first-order valence-electron chi connectivity index (χ1n) is 8.96. The summed E-state index contributed by atoms with van der Waals surface area (Å²) in [6.45, 7) is 0.204. The summed E-state index contributed by atoms with van der Waals surface area (Å²) in [5.41, 5.74) is 2.52. The van der Waals surface area contributed by atoms with Crippen LogP contribution in [0.2, 0.25) is 0 Å². The number of rotatable bonds is 5. The third kappa shape index (κ3) is 3.64. The Morgan fingerprint density at radius 3 is 2.90 bits per heavy atom. The van der Waals surface area contributed by atoms with Crippen LogP contribution in [0.4, 0.5) is 10.1 Å². The fourth-order valence-corrected chi connectivity index (χ4v) is 3.65. The Hall–Kier alpha value is -3.66. The zero-order chi connectivity index (χ0) is 20.5. The molecule has 4 aromatic rings. The molecule has 150 valence electrons. The van der Waals surface area contributed by atoms with Crippen LogP contribution in [-0.2, 0) is 4.79 Å². The number of carbonyl (C=O) groups is 1. The van der Waals surface area contributed by atoms with Gasteiger partial charge in [0.2, 0.25) is 17.9 Å². The third-order valence-electron chi connectivity index (χ3n) is 4.34. The maximum atomic E-state index is 13.3. The monoisotopic (exact) mass is 423 g/mol. The second-order valence-corrected chi connectivity index (χ2v) is 7.33. The van der Waals surface area contributed by atoms with Crippen LogP contribution in [0, 0.1) is 5.82 Å². The van der Waals surface area contributed by atoms with E-state index in [0.29, 0.717) is 33.7 Å². The summed E-state index contributed by atoms with van der Waals surface area (Å²) in [7, 11) is 0. The highest BCUT2D eigenvalue weighted by Gasteiger charge is 2.16. The van der Waals surface area contributed by atoms with E-state index >= 15 is 0 Å². The molecule has 0 fully saturated rings. The second kappa shape index (κ2) is 7.64. The van der Waals surface area contributed by atoms with E-state index in [0.717, 1.165) is 5.56 Å². The van der Waals surface area contributed by atoms with Gasteiger partial charge in [-0.25, -0.2) is 4.39 Å². The molecule has 0 radical (unpaired) electrons. The van der Waals surface area contributed by atoms with Crippen molar-refractivity contribution < 1.29 is 18.7 Å². The average molecular weight is 423 g/mol. The average Bonchev–Trinajstić information content (AvgIpc) is 3.38.